The molecule has 2 aromatic carbocycles. The molecule has 0 unspecified atom stereocenters. The van der Waals surface area contributed by atoms with Crippen LogP contribution >= 0.6 is 15.9 Å². The Kier molecular flexibility index (Phi) is 4.55. The first-order valence-electron chi connectivity index (χ1n) is 9.55. The van der Waals surface area contributed by atoms with Crippen molar-refractivity contribution in [1.29, 1.82) is 0 Å². The molecule has 5 rings (SSSR count). The second kappa shape index (κ2) is 7.28. The minimum absolute atomic E-state index is 0.00961. The van der Waals surface area contributed by atoms with E-state index in [0.717, 1.165) is 27.1 Å². The Morgan fingerprint density at radius 2 is 1.97 bits per heavy atom. The highest BCUT2D eigenvalue weighted by atomic mass is 79.9. The summed E-state index contributed by atoms with van der Waals surface area (Å²) in [4.78, 5) is 25.1. The van der Waals surface area contributed by atoms with Crippen LogP contribution in [0.25, 0.3) is 17.1 Å². The summed E-state index contributed by atoms with van der Waals surface area (Å²) in [6.07, 6.45) is 3.12. The average molecular weight is 478 g/mol. The van der Waals surface area contributed by atoms with Crippen LogP contribution in [0.4, 0.5) is 5.69 Å². The zero-order valence-corrected chi connectivity index (χ0v) is 18.2. The Morgan fingerprint density at radius 1 is 1.16 bits per heavy atom. The number of nitro groups is 1. The number of benzene rings is 2. The van der Waals surface area contributed by atoms with E-state index in [-0.39, 0.29) is 16.7 Å². The largest absolute Gasteiger partial charge is 0.441 e. The van der Waals surface area contributed by atoms with Crippen molar-refractivity contribution >= 4 is 27.3 Å². The number of hydrogen-bond donors (Lipinski definition) is 0. The van der Waals surface area contributed by atoms with Crippen LogP contribution < -0.4 is 0 Å². The van der Waals surface area contributed by atoms with Gasteiger partial charge in [-0.25, -0.2) is 9.97 Å². The van der Waals surface area contributed by atoms with E-state index in [1.165, 1.54) is 12.5 Å². The molecule has 154 valence electrons. The molecule has 31 heavy (non-hydrogen) atoms. The maximum Gasteiger partial charge on any atom is 0.278 e. The van der Waals surface area contributed by atoms with Gasteiger partial charge in [0, 0.05) is 16.1 Å². The van der Waals surface area contributed by atoms with Crippen LogP contribution in [0.2, 0.25) is 0 Å². The number of oxazole rings is 1. The van der Waals surface area contributed by atoms with Crippen molar-refractivity contribution in [2.45, 2.75) is 19.9 Å². The molecule has 0 fully saturated rings. The fourth-order valence-corrected chi connectivity index (χ4v) is 4.29. The molecule has 2 aromatic heterocycles. The molecule has 0 aliphatic carbocycles. The number of nitrogens with zero attached hydrogens (tertiary/aromatic N) is 5. The van der Waals surface area contributed by atoms with E-state index >= 15 is 0 Å². The molecule has 1 atom stereocenters. The SMILES string of the molecule is Cc1ncoc1-c1ncn2c1[C@H](C)N=C(c1ccccc1[N+](=O)[O-])c1cc(Br)ccc1-2. The summed E-state index contributed by atoms with van der Waals surface area (Å²) in [5, 5.41) is 11.7. The van der Waals surface area contributed by atoms with Crippen molar-refractivity contribution in [3.05, 3.63) is 92.3 Å². The number of imidazole rings is 1. The monoisotopic (exact) mass is 477 g/mol. The first kappa shape index (κ1) is 19.4. The van der Waals surface area contributed by atoms with Gasteiger partial charge in [-0.2, -0.15) is 0 Å². The van der Waals surface area contributed by atoms with Crippen LogP contribution in [0.5, 0.6) is 0 Å². The number of aryl methyl sites for hydroxylation is 1. The van der Waals surface area contributed by atoms with Crippen LogP contribution in [0.15, 0.2) is 69.1 Å². The third-order valence-electron chi connectivity index (χ3n) is 5.31. The summed E-state index contributed by atoms with van der Waals surface area (Å²) in [6, 6.07) is 12.1. The Hall–Kier alpha value is -3.59. The number of aromatic nitrogens is 3. The van der Waals surface area contributed by atoms with Crippen molar-refractivity contribution in [3.8, 4) is 17.1 Å². The van der Waals surface area contributed by atoms with E-state index in [4.69, 9.17) is 9.41 Å². The molecule has 0 saturated carbocycles. The van der Waals surface area contributed by atoms with Crippen LogP contribution in [0, 0.1) is 17.0 Å². The minimum atomic E-state index is -0.379. The normalized spacial score (nSPS) is 15.1. The highest BCUT2D eigenvalue weighted by molar-refractivity contribution is 9.10. The molecule has 0 bridgehead atoms. The van der Waals surface area contributed by atoms with Crippen molar-refractivity contribution in [1.82, 2.24) is 14.5 Å². The molecule has 0 radical (unpaired) electrons. The van der Waals surface area contributed by atoms with Gasteiger partial charge in [0.2, 0.25) is 0 Å². The number of hydrogen-bond acceptors (Lipinski definition) is 6. The van der Waals surface area contributed by atoms with Gasteiger partial charge in [0.15, 0.2) is 12.2 Å². The second-order valence-electron chi connectivity index (χ2n) is 7.20. The molecular formula is C22H16BrN5O3. The Morgan fingerprint density at radius 3 is 2.71 bits per heavy atom. The molecule has 9 heteroatoms. The molecule has 4 aromatic rings. The summed E-state index contributed by atoms with van der Waals surface area (Å²) >= 11 is 3.53. The zero-order valence-electron chi connectivity index (χ0n) is 16.6. The van der Waals surface area contributed by atoms with E-state index in [9.17, 15) is 10.1 Å². The third-order valence-corrected chi connectivity index (χ3v) is 5.81. The first-order chi connectivity index (χ1) is 15.0. The molecule has 1 aliphatic rings. The second-order valence-corrected chi connectivity index (χ2v) is 8.12. The van der Waals surface area contributed by atoms with Gasteiger partial charge in [-0.3, -0.25) is 19.7 Å². The third kappa shape index (κ3) is 3.09. The molecule has 0 spiro atoms. The van der Waals surface area contributed by atoms with Gasteiger partial charge in [-0.1, -0.05) is 28.1 Å². The summed E-state index contributed by atoms with van der Waals surface area (Å²) in [7, 11) is 0. The maximum atomic E-state index is 11.7. The van der Waals surface area contributed by atoms with E-state index < -0.39 is 0 Å². The molecule has 3 heterocycles. The van der Waals surface area contributed by atoms with E-state index in [0.29, 0.717) is 22.7 Å². The Balaban J connectivity index is 1.82. The van der Waals surface area contributed by atoms with Crippen LogP contribution in [0.3, 0.4) is 0 Å². The topological polar surface area (TPSA) is 99.3 Å². The quantitative estimate of drug-likeness (QED) is 0.289. The van der Waals surface area contributed by atoms with Crippen LogP contribution in [-0.4, -0.2) is 25.2 Å². The van der Waals surface area contributed by atoms with Gasteiger partial charge in [0.05, 0.1) is 39.3 Å². The molecule has 0 saturated heterocycles. The maximum absolute atomic E-state index is 11.7. The summed E-state index contributed by atoms with van der Waals surface area (Å²) < 4.78 is 8.42. The number of para-hydroxylation sites is 1. The van der Waals surface area contributed by atoms with Crippen molar-refractivity contribution in [2.24, 2.45) is 4.99 Å². The highest BCUT2D eigenvalue weighted by Gasteiger charge is 2.30. The first-order valence-corrected chi connectivity index (χ1v) is 10.3. The lowest BCUT2D eigenvalue weighted by Crippen LogP contribution is -2.09. The van der Waals surface area contributed by atoms with E-state index in [2.05, 4.69) is 25.9 Å². The summed E-state index contributed by atoms with van der Waals surface area (Å²) in [6.45, 7) is 3.80. The van der Waals surface area contributed by atoms with Gasteiger partial charge >= 0.3 is 0 Å². The van der Waals surface area contributed by atoms with Crippen LogP contribution in [-0.2, 0) is 0 Å². The van der Waals surface area contributed by atoms with Gasteiger partial charge in [-0.15, -0.1) is 0 Å². The van der Waals surface area contributed by atoms with Crippen molar-refractivity contribution in [3.63, 3.8) is 0 Å². The van der Waals surface area contributed by atoms with E-state index in [1.54, 1.807) is 24.5 Å². The average Bonchev–Trinajstić information content (AvgIpc) is 3.35. The van der Waals surface area contributed by atoms with Gasteiger partial charge in [0.1, 0.15) is 12.0 Å². The number of nitro benzene ring substituents is 1. The summed E-state index contributed by atoms with van der Waals surface area (Å²) in [5.74, 6) is 0.587. The smallest absolute Gasteiger partial charge is 0.278 e. The van der Waals surface area contributed by atoms with Gasteiger partial charge in [-0.05, 0) is 38.1 Å². The van der Waals surface area contributed by atoms with Crippen molar-refractivity contribution in [2.75, 3.05) is 0 Å². The standard InChI is InChI=1S/C22H16BrN5O3/c1-12-21-20(22-13(2)25-11-31-22)24-10-27(21)17-8-7-14(23)9-16(17)19(26-12)15-5-3-4-6-18(15)28(29)30/h3-12H,1-2H3/t12-/m0/s1. The number of aliphatic imine (C=N–C) groups is 1. The van der Waals surface area contributed by atoms with Crippen molar-refractivity contribution < 1.29 is 9.34 Å². The molecule has 1 aliphatic heterocycles. The van der Waals surface area contributed by atoms with E-state index in [1.807, 2.05) is 36.6 Å². The summed E-state index contributed by atoms with van der Waals surface area (Å²) in [5.41, 5.74) is 4.85. The fraction of sp³-hybridized carbons (Fsp3) is 0.136. The lowest BCUT2D eigenvalue weighted by atomic mass is 9.99. The molecule has 0 N–H and O–H groups in total. The molecule has 0 amide bonds. The predicted octanol–water partition coefficient (Wildman–Crippen LogP) is 5.42. The molecule has 8 nitrogen and oxygen atoms in total. The predicted molar refractivity (Wildman–Crippen MR) is 119 cm³/mol. The van der Waals surface area contributed by atoms with Gasteiger partial charge in [0.25, 0.3) is 5.69 Å². The van der Waals surface area contributed by atoms with Gasteiger partial charge < -0.3 is 4.42 Å². The lowest BCUT2D eigenvalue weighted by molar-refractivity contribution is -0.385. The Labute approximate surface area is 185 Å². The number of halogens is 1. The molecular weight excluding hydrogens is 462 g/mol. The number of rotatable bonds is 3. The number of fused-ring (bicyclic) bond motifs is 3. The highest BCUT2D eigenvalue weighted by Crippen LogP contribution is 2.38. The Bertz CT molecular complexity index is 1370. The van der Waals surface area contributed by atoms with Crippen LogP contribution in [0.1, 0.15) is 35.5 Å². The zero-order chi connectivity index (χ0) is 21.7. The fourth-order valence-electron chi connectivity index (χ4n) is 3.93. The minimum Gasteiger partial charge on any atom is -0.441 e. The lowest BCUT2D eigenvalue weighted by Gasteiger charge is -2.12.